The maximum absolute atomic E-state index is 5.73. The smallest absolute Gasteiger partial charge is 0.0760 e. The first-order chi connectivity index (χ1) is 7.93. The molecule has 0 radical (unpaired) electrons. The molecule has 1 unspecified atom stereocenters. The van der Waals surface area contributed by atoms with E-state index in [-0.39, 0.29) is 0 Å². The molecule has 1 atom stereocenters. The molecular formula is C15H26O. The maximum Gasteiger partial charge on any atom is 0.0760 e. The highest BCUT2D eigenvalue weighted by molar-refractivity contribution is 4.90. The quantitative estimate of drug-likeness (QED) is 0.632. The van der Waals surface area contributed by atoms with Gasteiger partial charge >= 0.3 is 0 Å². The van der Waals surface area contributed by atoms with Crippen LogP contribution in [-0.2, 0) is 4.74 Å². The van der Waals surface area contributed by atoms with Gasteiger partial charge in [-0.2, -0.15) is 0 Å². The van der Waals surface area contributed by atoms with Gasteiger partial charge in [0.2, 0.25) is 0 Å². The number of rotatable bonds is 3. The van der Waals surface area contributed by atoms with Crippen LogP contribution in [0.25, 0.3) is 0 Å². The molecule has 0 aromatic carbocycles. The largest absolute Gasteiger partial charge is 0.370 e. The Morgan fingerprint density at radius 2 is 1.75 bits per heavy atom. The molecular weight excluding hydrogens is 196 g/mol. The third-order valence-electron chi connectivity index (χ3n) is 3.14. The fraction of sp³-hybridized carbons (Fsp3) is 0.733. The Hall–Kier alpha value is -0.560. The summed E-state index contributed by atoms with van der Waals surface area (Å²) < 4.78 is 5.73. The lowest BCUT2D eigenvalue weighted by Gasteiger charge is -2.13. The van der Waals surface area contributed by atoms with Gasteiger partial charge in [-0.05, 0) is 19.3 Å². The minimum atomic E-state index is 0.317. The van der Waals surface area contributed by atoms with Gasteiger partial charge in [0.15, 0.2) is 0 Å². The molecule has 0 saturated heterocycles. The molecule has 1 aliphatic rings. The van der Waals surface area contributed by atoms with E-state index in [1.807, 2.05) is 6.08 Å². The van der Waals surface area contributed by atoms with E-state index in [2.05, 4.69) is 18.7 Å². The zero-order valence-electron chi connectivity index (χ0n) is 10.5. The summed E-state index contributed by atoms with van der Waals surface area (Å²) in [7, 11) is 0. The summed E-state index contributed by atoms with van der Waals surface area (Å²) in [5, 5.41) is 0. The van der Waals surface area contributed by atoms with E-state index >= 15 is 0 Å². The van der Waals surface area contributed by atoms with Gasteiger partial charge in [-0.3, -0.25) is 0 Å². The van der Waals surface area contributed by atoms with Crippen LogP contribution in [0.1, 0.15) is 57.8 Å². The molecule has 0 fully saturated rings. The molecule has 0 saturated carbocycles. The molecule has 0 spiro atoms. The summed E-state index contributed by atoms with van der Waals surface area (Å²) in [6.45, 7) is 4.37. The first-order valence-corrected chi connectivity index (χ1v) is 6.82. The van der Waals surface area contributed by atoms with Gasteiger partial charge in [-0.15, -0.1) is 6.58 Å². The van der Waals surface area contributed by atoms with Crippen LogP contribution in [0.2, 0.25) is 0 Å². The van der Waals surface area contributed by atoms with E-state index in [4.69, 9.17) is 4.74 Å². The molecule has 0 aromatic rings. The Kier molecular flexibility index (Phi) is 8.15. The fourth-order valence-electron chi connectivity index (χ4n) is 2.17. The average Bonchev–Trinajstić information content (AvgIpc) is 2.28. The molecule has 1 heteroatoms. The second kappa shape index (κ2) is 9.65. The first kappa shape index (κ1) is 13.5. The lowest BCUT2D eigenvalue weighted by molar-refractivity contribution is 0.100. The predicted molar refractivity (Wildman–Crippen MR) is 70.6 cm³/mol. The summed E-state index contributed by atoms with van der Waals surface area (Å²) >= 11 is 0. The summed E-state index contributed by atoms with van der Waals surface area (Å²) in [6, 6.07) is 0. The molecule has 0 N–H and O–H groups in total. The zero-order valence-corrected chi connectivity index (χ0v) is 10.5. The molecule has 0 amide bonds. The zero-order chi connectivity index (χ0) is 11.5. The second-order valence-electron chi connectivity index (χ2n) is 4.64. The van der Waals surface area contributed by atoms with Crippen LogP contribution in [0, 0.1) is 0 Å². The minimum absolute atomic E-state index is 0.317. The van der Waals surface area contributed by atoms with Gasteiger partial charge in [0.1, 0.15) is 0 Å². The Morgan fingerprint density at radius 3 is 2.50 bits per heavy atom. The number of hydrogen-bond donors (Lipinski definition) is 0. The lowest BCUT2D eigenvalue weighted by Crippen LogP contribution is -2.10. The fourth-order valence-corrected chi connectivity index (χ4v) is 2.17. The van der Waals surface area contributed by atoms with Gasteiger partial charge in [-0.25, -0.2) is 0 Å². The van der Waals surface area contributed by atoms with Gasteiger partial charge in [0.05, 0.1) is 12.7 Å². The van der Waals surface area contributed by atoms with Gasteiger partial charge in [0, 0.05) is 0 Å². The maximum atomic E-state index is 5.73. The molecule has 92 valence electrons. The van der Waals surface area contributed by atoms with Gasteiger partial charge in [-0.1, -0.05) is 56.8 Å². The summed E-state index contributed by atoms with van der Waals surface area (Å²) in [5.74, 6) is 0. The third-order valence-corrected chi connectivity index (χ3v) is 3.14. The van der Waals surface area contributed by atoms with Crippen molar-refractivity contribution in [3.05, 3.63) is 24.8 Å². The molecule has 1 rings (SSSR count). The average molecular weight is 222 g/mol. The van der Waals surface area contributed by atoms with Crippen molar-refractivity contribution in [2.45, 2.75) is 63.9 Å². The highest BCUT2D eigenvalue weighted by Gasteiger charge is 2.04. The van der Waals surface area contributed by atoms with E-state index in [0.29, 0.717) is 12.7 Å². The van der Waals surface area contributed by atoms with Crippen molar-refractivity contribution in [2.75, 3.05) is 6.61 Å². The van der Waals surface area contributed by atoms with E-state index in [1.165, 1.54) is 57.8 Å². The van der Waals surface area contributed by atoms with E-state index in [1.54, 1.807) is 0 Å². The first-order valence-electron chi connectivity index (χ1n) is 6.82. The standard InChI is InChI=1S/C15H26O/c1-2-14-16-15-12-10-8-6-4-3-5-7-9-11-13-15/h2,10,12,15H,1,3-9,11,13-14H2/b12-10+. The molecule has 1 nitrogen and oxygen atoms in total. The number of allylic oxidation sites excluding steroid dienone is 1. The van der Waals surface area contributed by atoms with Crippen LogP contribution in [-0.4, -0.2) is 12.7 Å². The topological polar surface area (TPSA) is 9.23 Å². The van der Waals surface area contributed by atoms with Crippen LogP contribution in [0.4, 0.5) is 0 Å². The molecule has 0 bridgehead atoms. The SMILES string of the molecule is C=CCOC1/C=C/CCCCCCCCC1. The van der Waals surface area contributed by atoms with E-state index < -0.39 is 0 Å². The van der Waals surface area contributed by atoms with Crippen molar-refractivity contribution in [1.29, 1.82) is 0 Å². The third kappa shape index (κ3) is 6.84. The van der Waals surface area contributed by atoms with Crippen LogP contribution in [0.3, 0.4) is 0 Å². The molecule has 0 heterocycles. The van der Waals surface area contributed by atoms with Gasteiger partial charge in [0.25, 0.3) is 0 Å². The molecule has 1 aliphatic carbocycles. The molecule has 16 heavy (non-hydrogen) atoms. The highest BCUT2D eigenvalue weighted by Crippen LogP contribution is 2.14. The van der Waals surface area contributed by atoms with Gasteiger partial charge < -0.3 is 4.74 Å². The molecule has 0 aromatic heterocycles. The van der Waals surface area contributed by atoms with E-state index in [9.17, 15) is 0 Å². The second-order valence-corrected chi connectivity index (χ2v) is 4.64. The van der Waals surface area contributed by atoms with Crippen molar-refractivity contribution in [3.63, 3.8) is 0 Å². The van der Waals surface area contributed by atoms with Crippen molar-refractivity contribution in [2.24, 2.45) is 0 Å². The van der Waals surface area contributed by atoms with Crippen molar-refractivity contribution < 1.29 is 4.74 Å². The van der Waals surface area contributed by atoms with E-state index in [0.717, 1.165) is 0 Å². The van der Waals surface area contributed by atoms with Crippen LogP contribution in [0.15, 0.2) is 24.8 Å². The molecule has 0 aliphatic heterocycles. The number of ether oxygens (including phenoxy) is 1. The Balaban J connectivity index is 2.32. The van der Waals surface area contributed by atoms with Crippen molar-refractivity contribution in [3.8, 4) is 0 Å². The van der Waals surface area contributed by atoms with Crippen molar-refractivity contribution >= 4 is 0 Å². The van der Waals surface area contributed by atoms with Crippen LogP contribution in [0.5, 0.6) is 0 Å². The Bertz CT molecular complexity index is 196. The monoisotopic (exact) mass is 222 g/mol. The lowest BCUT2D eigenvalue weighted by atomic mass is 10.0. The normalized spacial score (nSPS) is 26.4. The Labute approximate surface area is 101 Å². The Morgan fingerprint density at radius 1 is 1.06 bits per heavy atom. The minimum Gasteiger partial charge on any atom is -0.370 e. The summed E-state index contributed by atoms with van der Waals surface area (Å²) in [5.41, 5.74) is 0. The highest BCUT2D eigenvalue weighted by atomic mass is 16.5. The summed E-state index contributed by atoms with van der Waals surface area (Å²) in [4.78, 5) is 0. The van der Waals surface area contributed by atoms with Crippen LogP contribution < -0.4 is 0 Å². The van der Waals surface area contributed by atoms with Crippen LogP contribution >= 0.6 is 0 Å². The predicted octanol–water partition coefficient (Wildman–Crippen LogP) is 4.64. The summed E-state index contributed by atoms with van der Waals surface area (Å²) in [6.07, 6.45) is 18.7. The van der Waals surface area contributed by atoms with Crippen molar-refractivity contribution in [1.82, 2.24) is 0 Å². The number of hydrogen-bond acceptors (Lipinski definition) is 1.